The SMILES string of the molecule is CCc1cn[nH]c1C1CCN(C(=O)c2ccc(-n3cnnc3)nc2)CC1. The number of hydrogen-bond acceptors (Lipinski definition) is 5. The summed E-state index contributed by atoms with van der Waals surface area (Å²) in [5.41, 5.74) is 3.12. The molecule has 1 aliphatic heterocycles. The number of aromatic amines is 1. The van der Waals surface area contributed by atoms with Crippen molar-refractivity contribution in [1.82, 2.24) is 34.8 Å². The van der Waals surface area contributed by atoms with Gasteiger partial charge in [0.15, 0.2) is 0 Å². The summed E-state index contributed by atoms with van der Waals surface area (Å²) in [6, 6.07) is 3.61. The summed E-state index contributed by atoms with van der Waals surface area (Å²) in [5, 5.41) is 14.8. The predicted octanol–water partition coefficient (Wildman–Crippen LogP) is 1.97. The van der Waals surface area contributed by atoms with Crippen molar-refractivity contribution in [1.29, 1.82) is 0 Å². The number of aryl methyl sites for hydroxylation is 1. The number of nitrogens with one attached hydrogen (secondary N) is 1. The van der Waals surface area contributed by atoms with Gasteiger partial charge in [-0.05, 0) is 37.0 Å². The van der Waals surface area contributed by atoms with Gasteiger partial charge in [-0.15, -0.1) is 10.2 Å². The van der Waals surface area contributed by atoms with Crippen LogP contribution in [0.2, 0.25) is 0 Å². The average molecular weight is 351 g/mol. The summed E-state index contributed by atoms with van der Waals surface area (Å²) in [5.74, 6) is 1.17. The first-order valence-electron chi connectivity index (χ1n) is 8.88. The molecule has 3 aromatic heterocycles. The number of rotatable bonds is 4. The monoisotopic (exact) mass is 351 g/mol. The fourth-order valence-corrected chi connectivity index (χ4v) is 3.49. The van der Waals surface area contributed by atoms with E-state index in [0.29, 0.717) is 17.3 Å². The van der Waals surface area contributed by atoms with Crippen LogP contribution in [0.1, 0.15) is 47.3 Å². The Morgan fingerprint density at radius 3 is 2.62 bits per heavy atom. The fourth-order valence-electron chi connectivity index (χ4n) is 3.49. The smallest absolute Gasteiger partial charge is 0.255 e. The molecule has 0 atom stereocenters. The summed E-state index contributed by atoms with van der Waals surface area (Å²) < 4.78 is 1.70. The number of amides is 1. The number of pyridine rings is 1. The van der Waals surface area contributed by atoms with E-state index in [2.05, 4.69) is 32.3 Å². The Hall–Kier alpha value is -3.03. The Kier molecular flexibility index (Phi) is 4.47. The van der Waals surface area contributed by atoms with Crippen molar-refractivity contribution in [2.45, 2.75) is 32.1 Å². The minimum Gasteiger partial charge on any atom is -0.339 e. The zero-order valence-electron chi connectivity index (χ0n) is 14.7. The highest BCUT2D eigenvalue weighted by molar-refractivity contribution is 5.94. The summed E-state index contributed by atoms with van der Waals surface area (Å²) >= 11 is 0. The van der Waals surface area contributed by atoms with Crippen LogP contribution in [0, 0.1) is 0 Å². The Labute approximate surface area is 151 Å². The first-order chi connectivity index (χ1) is 12.8. The predicted molar refractivity (Wildman–Crippen MR) is 95.0 cm³/mol. The van der Waals surface area contributed by atoms with Crippen LogP contribution in [0.4, 0.5) is 0 Å². The van der Waals surface area contributed by atoms with Crippen LogP contribution < -0.4 is 0 Å². The lowest BCUT2D eigenvalue weighted by Gasteiger charge is -2.32. The molecular weight excluding hydrogens is 330 g/mol. The number of nitrogens with zero attached hydrogens (tertiary/aromatic N) is 6. The standard InChI is InChI=1S/C18H21N7O/c1-2-13-10-20-23-17(13)14-5-7-24(8-6-14)18(26)15-3-4-16(19-9-15)25-11-21-22-12-25/h3-4,9-12,14H,2,5-8H2,1H3,(H,20,23). The third-order valence-corrected chi connectivity index (χ3v) is 5.00. The van der Waals surface area contributed by atoms with Crippen LogP contribution in [-0.4, -0.2) is 53.8 Å². The lowest BCUT2D eigenvalue weighted by Crippen LogP contribution is -2.38. The Bertz CT molecular complexity index is 861. The molecule has 4 heterocycles. The highest BCUT2D eigenvalue weighted by Crippen LogP contribution is 2.29. The van der Waals surface area contributed by atoms with Gasteiger partial charge in [0.05, 0.1) is 11.8 Å². The molecule has 0 unspecified atom stereocenters. The number of likely N-dealkylation sites (tertiary alicyclic amines) is 1. The molecule has 1 amide bonds. The average Bonchev–Trinajstić information content (AvgIpc) is 3.39. The number of hydrogen-bond donors (Lipinski definition) is 1. The van der Waals surface area contributed by atoms with Crippen LogP contribution in [-0.2, 0) is 6.42 Å². The Morgan fingerprint density at radius 1 is 1.19 bits per heavy atom. The third kappa shape index (κ3) is 3.10. The summed E-state index contributed by atoms with van der Waals surface area (Å²) in [7, 11) is 0. The molecule has 3 aromatic rings. The Morgan fingerprint density at radius 2 is 1.96 bits per heavy atom. The van der Waals surface area contributed by atoms with Gasteiger partial charge in [-0.2, -0.15) is 5.10 Å². The molecule has 0 radical (unpaired) electrons. The molecule has 1 N–H and O–H groups in total. The van der Waals surface area contributed by atoms with Crippen molar-refractivity contribution in [3.05, 3.63) is 54.0 Å². The highest BCUT2D eigenvalue weighted by atomic mass is 16.2. The highest BCUT2D eigenvalue weighted by Gasteiger charge is 2.26. The van der Waals surface area contributed by atoms with Crippen LogP contribution in [0.25, 0.3) is 5.82 Å². The molecular formula is C18H21N7O. The first-order valence-corrected chi connectivity index (χ1v) is 8.88. The van der Waals surface area contributed by atoms with Gasteiger partial charge in [-0.3, -0.25) is 14.5 Å². The van der Waals surface area contributed by atoms with E-state index in [1.54, 1.807) is 29.5 Å². The summed E-state index contributed by atoms with van der Waals surface area (Å²) in [6.07, 6.45) is 9.57. The van der Waals surface area contributed by atoms with Crippen molar-refractivity contribution in [2.24, 2.45) is 0 Å². The van der Waals surface area contributed by atoms with Crippen LogP contribution in [0.5, 0.6) is 0 Å². The van der Waals surface area contributed by atoms with E-state index in [0.717, 1.165) is 32.4 Å². The second-order valence-electron chi connectivity index (χ2n) is 6.50. The molecule has 8 heteroatoms. The molecule has 0 saturated carbocycles. The number of carbonyl (C=O) groups is 1. The van der Waals surface area contributed by atoms with Gasteiger partial charge >= 0.3 is 0 Å². The topological polar surface area (TPSA) is 92.6 Å². The van der Waals surface area contributed by atoms with Gasteiger partial charge in [0.2, 0.25) is 0 Å². The van der Waals surface area contributed by atoms with Crippen LogP contribution >= 0.6 is 0 Å². The molecule has 0 aliphatic carbocycles. The second kappa shape index (κ2) is 7.07. The van der Waals surface area contributed by atoms with E-state index in [1.807, 2.05) is 17.2 Å². The van der Waals surface area contributed by atoms with E-state index in [1.165, 1.54) is 11.3 Å². The van der Waals surface area contributed by atoms with E-state index < -0.39 is 0 Å². The van der Waals surface area contributed by atoms with Gasteiger partial charge in [-0.25, -0.2) is 4.98 Å². The zero-order chi connectivity index (χ0) is 17.9. The van der Waals surface area contributed by atoms with E-state index in [-0.39, 0.29) is 5.91 Å². The second-order valence-corrected chi connectivity index (χ2v) is 6.50. The van der Waals surface area contributed by atoms with Crippen molar-refractivity contribution in [3.8, 4) is 5.82 Å². The van der Waals surface area contributed by atoms with Gasteiger partial charge < -0.3 is 4.90 Å². The number of carbonyl (C=O) groups excluding carboxylic acids is 1. The van der Waals surface area contributed by atoms with Gasteiger partial charge in [0, 0.05) is 30.9 Å². The molecule has 134 valence electrons. The van der Waals surface area contributed by atoms with Crippen molar-refractivity contribution in [3.63, 3.8) is 0 Å². The molecule has 0 bridgehead atoms. The fraction of sp³-hybridized carbons (Fsp3) is 0.389. The van der Waals surface area contributed by atoms with Gasteiger partial charge in [0.25, 0.3) is 5.91 Å². The van der Waals surface area contributed by atoms with Crippen LogP contribution in [0.3, 0.4) is 0 Å². The molecule has 1 saturated heterocycles. The summed E-state index contributed by atoms with van der Waals surface area (Å²) in [4.78, 5) is 19.0. The molecule has 26 heavy (non-hydrogen) atoms. The minimum atomic E-state index is 0.0339. The van der Waals surface area contributed by atoms with Gasteiger partial charge in [-0.1, -0.05) is 6.92 Å². The van der Waals surface area contributed by atoms with E-state index in [4.69, 9.17) is 0 Å². The normalized spacial score (nSPS) is 15.3. The number of H-pyrrole nitrogens is 1. The third-order valence-electron chi connectivity index (χ3n) is 5.00. The maximum absolute atomic E-state index is 12.7. The lowest BCUT2D eigenvalue weighted by molar-refractivity contribution is 0.0711. The van der Waals surface area contributed by atoms with Crippen molar-refractivity contribution < 1.29 is 4.79 Å². The first kappa shape index (κ1) is 16.4. The zero-order valence-corrected chi connectivity index (χ0v) is 14.7. The molecule has 8 nitrogen and oxygen atoms in total. The Balaban J connectivity index is 1.40. The number of piperidine rings is 1. The maximum Gasteiger partial charge on any atom is 0.255 e. The van der Waals surface area contributed by atoms with Crippen molar-refractivity contribution >= 4 is 5.91 Å². The van der Waals surface area contributed by atoms with Crippen LogP contribution in [0.15, 0.2) is 37.2 Å². The summed E-state index contributed by atoms with van der Waals surface area (Å²) in [6.45, 7) is 3.64. The quantitative estimate of drug-likeness (QED) is 0.776. The van der Waals surface area contributed by atoms with E-state index >= 15 is 0 Å². The molecule has 0 aromatic carbocycles. The maximum atomic E-state index is 12.7. The van der Waals surface area contributed by atoms with Crippen molar-refractivity contribution in [2.75, 3.05) is 13.1 Å². The van der Waals surface area contributed by atoms with Gasteiger partial charge in [0.1, 0.15) is 18.5 Å². The molecule has 4 rings (SSSR count). The minimum absolute atomic E-state index is 0.0339. The number of aromatic nitrogens is 6. The van der Waals surface area contributed by atoms with E-state index in [9.17, 15) is 4.79 Å². The molecule has 1 fully saturated rings. The largest absolute Gasteiger partial charge is 0.339 e. The molecule has 0 spiro atoms. The lowest BCUT2D eigenvalue weighted by atomic mass is 9.90. The molecule has 1 aliphatic rings.